The van der Waals surface area contributed by atoms with Crippen molar-refractivity contribution in [2.24, 2.45) is 0 Å². The van der Waals surface area contributed by atoms with Gasteiger partial charge in [0.25, 0.3) is 0 Å². The summed E-state index contributed by atoms with van der Waals surface area (Å²) in [4.78, 5) is 2.26. The Morgan fingerprint density at radius 1 is 0.962 bits per heavy atom. The number of likely N-dealkylation sites (N-methyl/N-ethyl adjacent to an activating group) is 1. The van der Waals surface area contributed by atoms with Crippen LogP contribution in [0.15, 0.2) is 48.5 Å². The first-order chi connectivity index (χ1) is 12.4. The normalized spacial score (nSPS) is 18.1. The molecular weight excluding hydrogens is 339 g/mol. The van der Waals surface area contributed by atoms with Gasteiger partial charge < -0.3 is 9.64 Å². The molecule has 2 aromatic rings. The molecule has 0 saturated carbocycles. The maximum atomic E-state index is 12.5. The van der Waals surface area contributed by atoms with E-state index in [1.54, 1.807) is 0 Å². The van der Waals surface area contributed by atoms with E-state index in [-0.39, 0.29) is 6.10 Å². The van der Waals surface area contributed by atoms with E-state index in [1.165, 1.54) is 12.1 Å². The minimum absolute atomic E-state index is 0.206. The zero-order valence-corrected chi connectivity index (χ0v) is 14.5. The molecule has 5 heteroatoms. The lowest BCUT2D eigenvalue weighted by Gasteiger charge is -2.30. The molecule has 0 aliphatic carbocycles. The molecule has 1 aliphatic rings. The lowest BCUT2D eigenvalue weighted by molar-refractivity contribution is -0.137. The van der Waals surface area contributed by atoms with Gasteiger partial charge in [-0.1, -0.05) is 11.8 Å². The summed E-state index contributed by atoms with van der Waals surface area (Å²) in [5, 5.41) is 0. The van der Waals surface area contributed by atoms with E-state index in [0.717, 1.165) is 49.4 Å². The summed E-state index contributed by atoms with van der Waals surface area (Å²) >= 11 is 0. The highest BCUT2D eigenvalue weighted by Crippen LogP contribution is 2.29. The molecule has 1 saturated heterocycles. The van der Waals surface area contributed by atoms with Crippen LogP contribution in [0.5, 0.6) is 5.75 Å². The van der Waals surface area contributed by atoms with Crippen LogP contribution in [0.4, 0.5) is 13.2 Å². The van der Waals surface area contributed by atoms with Gasteiger partial charge in [-0.3, -0.25) is 0 Å². The second-order valence-corrected chi connectivity index (χ2v) is 6.49. The molecule has 0 bridgehead atoms. The number of hydrogen-bond acceptors (Lipinski definition) is 2. The number of benzene rings is 2. The van der Waals surface area contributed by atoms with Crippen molar-refractivity contribution in [3.05, 3.63) is 65.2 Å². The Bertz CT molecular complexity index is 785. The fraction of sp³-hybridized carbons (Fsp3) is 0.333. The number of rotatable bonds is 2. The van der Waals surface area contributed by atoms with Gasteiger partial charge in [0.05, 0.1) is 5.56 Å². The largest absolute Gasteiger partial charge is 0.489 e. The zero-order chi connectivity index (χ0) is 18.6. The minimum atomic E-state index is -4.32. The summed E-state index contributed by atoms with van der Waals surface area (Å²) in [5.74, 6) is 6.65. The smallest absolute Gasteiger partial charge is 0.416 e. The summed E-state index contributed by atoms with van der Waals surface area (Å²) in [6.07, 6.45) is -1.93. The van der Waals surface area contributed by atoms with E-state index in [2.05, 4.69) is 23.8 Å². The lowest BCUT2D eigenvalue weighted by Crippen LogP contribution is -2.38. The Balaban J connectivity index is 1.62. The molecule has 0 spiro atoms. The van der Waals surface area contributed by atoms with Crippen molar-refractivity contribution in [2.45, 2.75) is 25.1 Å². The lowest BCUT2D eigenvalue weighted by atomic mass is 10.1. The van der Waals surface area contributed by atoms with Crippen LogP contribution in [-0.2, 0) is 6.18 Å². The second-order valence-electron chi connectivity index (χ2n) is 6.49. The summed E-state index contributed by atoms with van der Waals surface area (Å²) in [5.41, 5.74) is 0.666. The van der Waals surface area contributed by atoms with Crippen LogP contribution in [0.3, 0.4) is 0 Å². The van der Waals surface area contributed by atoms with Crippen LogP contribution < -0.4 is 4.74 Å². The summed E-state index contributed by atoms with van der Waals surface area (Å²) in [7, 11) is 2.09. The Morgan fingerprint density at radius 2 is 1.54 bits per heavy atom. The third kappa shape index (κ3) is 5.03. The Kier molecular flexibility index (Phi) is 5.53. The molecule has 1 unspecified atom stereocenters. The van der Waals surface area contributed by atoms with Gasteiger partial charge in [0.15, 0.2) is 0 Å². The van der Waals surface area contributed by atoms with Crippen LogP contribution in [-0.4, -0.2) is 31.1 Å². The van der Waals surface area contributed by atoms with Gasteiger partial charge in [-0.25, -0.2) is 0 Å². The monoisotopic (exact) mass is 359 g/mol. The fourth-order valence-electron chi connectivity index (χ4n) is 2.91. The number of ether oxygens (including phenoxy) is 1. The van der Waals surface area contributed by atoms with Crippen molar-refractivity contribution >= 4 is 0 Å². The fourth-order valence-corrected chi connectivity index (χ4v) is 2.91. The van der Waals surface area contributed by atoms with Gasteiger partial charge >= 0.3 is 6.18 Å². The van der Waals surface area contributed by atoms with Crippen molar-refractivity contribution < 1.29 is 17.9 Å². The Labute approximate surface area is 151 Å². The predicted octanol–water partition coefficient (Wildman–Crippen LogP) is 4.58. The highest BCUT2D eigenvalue weighted by atomic mass is 19.4. The molecule has 26 heavy (non-hydrogen) atoms. The Hall–Kier alpha value is -2.45. The number of piperidine rings is 1. The standard InChI is InChI=1S/C21H20F3NO/c1-25-14-2-3-20(15-25)26-19-12-8-17(9-13-19)5-4-16-6-10-18(11-7-16)21(22,23)24/h6-13,20H,2-3,14-15H2,1H3. The third-order valence-electron chi connectivity index (χ3n) is 4.30. The van der Waals surface area contributed by atoms with Gasteiger partial charge in [0.1, 0.15) is 11.9 Å². The average molecular weight is 359 g/mol. The highest BCUT2D eigenvalue weighted by molar-refractivity contribution is 5.45. The van der Waals surface area contributed by atoms with E-state index in [9.17, 15) is 13.2 Å². The van der Waals surface area contributed by atoms with E-state index in [4.69, 9.17) is 4.74 Å². The van der Waals surface area contributed by atoms with E-state index < -0.39 is 11.7 Å². The number of alkyl halides is 3. The molecule has 1 aliphatic heterocycles. The molecule has 0 aromatic heterocycles. The molecule has 136 valence electrons. The van der Waals surface area contributed by atoms with Crippen molar-refractivity contribution in [1.82, 2.24) is 4.90 Å². The topological polar surface area (TPSA) is 12.5 Å². The number of hydrogen-bond donors (Lipinski definition) is 0. The summed E-state index contributed by atoms with van der Waals surface area (Å²) < 4.78 is 43.6. The molecule has 2 nitrogen and oxygen atoms in total. The average Bonchev–Trinajstić information content (AvgIpc) is 2.61. The molecule has 3 rings (SSSR count). The molecule has 0 amide bonds. The highest BCUT2D eigenvalue weighted by Gasteiger charge is 2.29. The van der Waals surface area contributed by atoms with Crippen LogP contribution in [0.2, 0.25) is 0 Å². The van der Waals surface area contributed by atoms with Gasteiger partial charge in [0, 0.05) is 17.7 Å². The van der Waals surface area contributed by atoms with Crippen molar-refractivity contribution in [1.29, 1.82) is 0 Å². The third-order valence-corrected chi connectivity index (χ3v) is 4.30. The number of likely N-dealkylation sites (tertiary alicyclic amines) is 1. The van der Waals surface area contributed by atoms with Crippen LogP contribution in [0, 0.1) is 11.8 Å². The Morgan fingerprint density at radius 3 is 2.08 bits per heavy atom. The quantitative estimate of drug-likeness (QED) is 0.728. The first kappa shape index (κ1) is 18.3. The van der Waals surface area contributed by atoms with Gasteiger partial charge in [-0.2, -0.15) is 13.2 Å². The molecule has 0 radical (unpaired) electrons. The van der Waals surface area contributed by atoms with Crippen molar-refractivity contribution in [3.8, 4) is 17.6 Å². The molecule has 2 aromatic carbocycles. The minimum Gasteiger partial charge on any atom is -0.489 e. The number of nitrogens with zero attached hydrogens (tertiary/aromatic N) is 1. The maximum Gasteiger partial charge on any atom is 0.416 e. The van der Waals surface area contributed by atoms with Crippen LogP contribution in [0.25, 0.3) is 0 Å². The van der Waals surface area contributed by atoms with Gasteiger partial charge in [-0.15, -0.1) is 0 Å². The molecular formula is C21H20F3NO. The summed E-state index contributed by atoms with van der Waals surface area (Å²) in [6, 6.07) is 12.3. The van der Waals surface area contributed by atoms with Crippen molar-refractivity contribution in [2.75, 3.05) is 20.1 Å². The predicted molar refractivity (Wildman–Crippen MR) is 95.0 cm³/mol. The molecule has 1 heterocycles. The molecule has 0 N–H and O–H groups in total. The van der Waals surface area contributed by atoms with Crippen LogP contribution in [0.1, 0.15) is 29.5 Å². The van der Waals surface area contributed by atoms with E-state index in [0.29, 0.717) is 5.56 Å². The van der Waals surface area contributed by atoms with E-state index in [1.807, 2.05) is 24.3 Å². The summed E-state index contributed by atoms with van der Waals surface area (Å²) in [6.45, 7) is 2.04. The van der Waals surface area contributed by atoms with Crippen LogP contribution >= 0.6 is 0 Å². The zero-order valence-electron chi connectivity index (χ0n) is 14.5. The molecule has 1 atom stereocenters. The SMILES string of the molecule is CN1CCCC(Oc2ccc(C#Cc3ccc(C(F)(F)F)cc3)cc2)C1. The van der Waals surface area contributed by atoms with Crippen molar-refractivity contribution in [3.63, 3.8) is 0 Å². The number of halogens is 3. The maximum absolute atomic E-state index is 12.5. The second kappa shape index (κ2) is 7.84. The first-order valence-electron chi connectivity index (χ1n) is 8.55. The first-order valence-corrected chi connectivity index (χ1v) is 8.55. The van der Waals surface area contributed by atoms with Gasteiger partial charge in [-0.05, 0) is 75.0 Å². The van der Waals surface area contributed by atoms with Gasteiger partial charge in [0.2, 0.25) is 0 Å². The van der Waals surface area contributed by atoms with E-state index >= 15 is 0 Å². The molecule has 1 fully saturated rings.